The number of methoxy groups -OCH3 is 1. The standard InChI is InChI=1S/C29H30N2O3/c1-30(2)22-13-9-20(10-14-22)25(21-11-16-24(33-5)17-12-21)7-6-8-28-26-18-15-23(31(3)4)19-27(26)29(32)34-28/h6-19,28H,1-5H3. The summed E-state index contributed by atoms with van der Waals surface area (Å²) < 4.78 is 11.0. The molecule has 5 nitrogen and oxygen atoms in total. The Morgan fingerprint density at radius 2 is 1.44 bits per heavy atom. The lowest BCUT2D eigenvalue weighted by Crippen LogP contribution is -2.09. The molecule has 1 aliphatic rings. The Morgan fingerprint density at radius 3 is 2.03 bits per heavy atom. The molecule has 4 rings (SSSR count). The largest absolute Gasteiger partial charge is 0.497 e. The first-order chi connectivity index (χ1) is 16.4. The van der Waals surface area contributed by atoms with Gasteiger partial charge >= 0.3 is 5.97 Å². The summed E-state index contributed by atoms with van der Waals surface area (Å²) in [4.78, 5) is 16.5. The summed E-state index contributed by atoms with van der Waals surface area (Å²) in [7, 11) is 9.63. The van der Waals surface area contributed by atoms with E-state index in [9.17, 15) is 4.79 Å². The number of carbonyl (C=O) groups is 1. The van der Waals surface area contributed by atoms with Gasteiger partial charge in [0.1, 0.15) is 11.9 Å². The normalized spacial score (nSPS) is 15.3. The number of esters is 1. The number of ether oxygens (including phenoxy) is 2. The number of fused-ring (bicyclic) bond motifs is 1. The van der Waals surface area contributed by atoms with Crippen molar-refractivity contribution in [2.45, 2.75) is 6.10 Å². The van der Waals surface area contributed by atoms with E-state index in [1.54, 1.807) is 7.11 Å². The van der Waals surface area contributed by atoms with Crippen LogP contribution >= 0.6 is 0 Å². The second-order valence-electron chi connectivity index (χ2n) is 8.63. The predicted octanol–water partition coefficient (Wildman–Crippen LogP) is 5.73. The first-order valence-electron chi connectivity index (χ1n) is 11.2. The van der Waals surface area contributed by atoms with Gasteiger partial charge in [-0.2, -0.15) is 0 Å². The molecule has 0 spiro atoms. The number of hydrogen-bond donors (Lipinski definition) is 0. The van der Waals surface area contributed by atoms with Gasteiger partial charge < -0.3 is 19.3 Å². The quantitative estimate of drug-likeness (QED) is 0.337. The number of benzene rings is 3. The smallest absolute Gasteiger partial charge is 0.339 e. The van der Waals surface area contributed by atoms with E-state index in [2.05, 4.69) is 35.2 Å². The maximum atomic E-state index is 12.4. The highest BCUT2D eigenvalue weighted by atomic mass is 16.5. The molecule has 0 amide bonds. The van der Waals surface area contributed by atoms with Crippen LogP contribution in [0.25, 0.3) is 5.57 Å². The van der Waals surface area contributed by atoms with Crippen LogP contribution in [0.15, 0.2) is 85.0 Å². The van der Waals surface area contributed by atoms with Crippen molar-refractivity contribution in [3.63, 3.8) is 0 Å². The summed E-state index contributed by atoms with van der Waals surface area (Å²) >= 11 is 0. The summed E-state index contributed by atoms with van der Waals surface area (Å²) in [5.41, 5.74) is 6.86. The Hall–Kier alpha value is -3.99. The van der Waals surface area contributed by atoms with Gasteiger partial charge in [0.15, 0.2) is 0 Å². The fourth-order valence-corrected chi connectivity index (χ4v) is 3.95. The van der Waals surface area contributed by atoms with Crippen LogP contribution in [-0.2, 0) is 4.74 Å². The molecule has 174 valence electrons. The molecule has 3 aromatic carbocycles. The molecule has 1 unspecified atom stereocenters. The predicted molar refractivity (Wildman–Crippen MR) is 139 cm³/mol. The Morgan fingerprint density at radius 1 is 0.853 bits per heavy atom. The van der Waals surface area contributed by atoms with Gasteiger partial charge in [0, 0.05) is 45.1 Å². The zero-order valence-electron chi connectivity index (χ0n) is 20.3. The van der Waals surface area contributed by atoms with Gasteiger partial charge in [-0.05, 0) is 59.2 Å². The molecule has 34 heavy (non-hydrogen) atoms. The zero-order valence-corrected chi connectivity index (χ0v) is 20.3. The summed E-state index contributed by atoms with van der Waals surface area (Å²) in [6.45, 7) is 0. The molecule has 0 aliphatic carbocycles. The molecule has 0 N–H and O–H groups in total. The van der Waals surface area contributed by atoms with Crippen LogP contribution in [-0.4, -0.2) is 41.3 Å². The Labute approximate surface area is 201 Å². The lowest BCUT2D eigenvalue weighted by Gasteiger charge is -2.14. The average Bonchev–Trinajstić information content (AvgIpc) is 3.16. The summed E-state index contributed by atoms with van der Waals surface area (Å²) in [5.74, 6) is 0.528. The molecule has 0 aromatic heterocycles. The Kier molecular flexibility index (Phi) is 6.73. The number of nitrogens with zero attached hydrogens (tertiary/aromatic N) is 2. The van der Waals surface area contributed by atoms with Crippen molar-refractivity contribution in [1.29, 1.82) is 0 Å². The van der Waals surface area contributed by atoms with E-state index in [0.717, 1.165) is 39.4 Å². The van der Waals surface area contributed by atoms with E-state index in [4.69, 9.17) is 9.47 Å². The zero-order chi connectivity index (χ0) is 24.2. The monoisotopic (exact) mass is 454 g/mol. The van der Waals surface area contributed by atoms with E-state index in [0.29, 0.717) is 5.56 Å². The molecule has 0 fully saturated rings. The van der Waals surface area contributed by atoms with Gasteiger partial charge in [0.25, 0.3) is 0 Å². The average molecular weight is 455 g/mol. The third kappa shape index (κ3) is 4.84. The summed E-state index contributed by atoms with van der Waals surface area (Å²) in [6, 6.07) is 22.3. The van der Waals surface area contributed by atoms with Gasteiger partial charge in [-0.1, -0.05) is 42.5 Å². The van der Waals surface area contributed by atoms with Crippen molar-refractivity contribution in [3.8, 4) is 5.75 Å². The van der Waals surface area contributed by atoms with E-state index >= 15 is 0 Å². The van der Waals surface area contributed by atoms with Gasteiger partial charge in [0.2, 0.25) is 0 Å². The second-order valence-corrected chi connectivity index (χ2v) is 8.63. The topological polar surface area (TPSA) is 42.0 Å². The Bertz CT molecular complexity index is 1220. The number of anilines is 2. The van der Waals surface area contributed by atoms with E-state index < -0.39 is 6.10 Å². The van der Waals surface area contributed by atoms with Crippen LogP contribution in [0.5, 0.6) is 5.75 Å². The highest BCUT2D eigenvalue weighted by Gasteiger charge is 2.29. The van der Waals surface area contributed by atoms with Crippen LogP contribution in [0, 0.1) is 0 Å². The molecular weight excluding hydrogens is 424 g/mol. The first kappa shape index (κ1) is 23.2. The van der Waals surface area contributed by atoms with E-state index in [1.165, 1.54) is 0 Å². The van der Waals surface area contributed by atoms with Gasteiger partial charge in [-0.3, -0.25) is 0 Å². The lowest BCUT2D eigenvalue weighted by molar-refractivity contribution is 0.0467. The van der Waals surface area contributed by atoms with Crippen molar-refractivity contribution < 1.29 is 14.3 Å². The van der Waals surface area contributed by atoms with Crippen molar-refractivity contribution in [2.24, 2.45) is 0 Å². The van der Waals surface area contributed by atoms with Crippen molar-refractivity contribution in [2.75, 3.05) is 45.1 Å². The highest BCUT2D eigenvalue weighted by Crippen LogP contribution is 2.34. The SMILES string of the molecule is COc1ccc(C(=CC=CC2OC(=O)c3cc(N(C)C)ccc32)c2ccc(N(C)C)cc2)cc1. The van der Waals surface area contributed by atoms with Crippen molar-refractivity contribution >= 4 is 22.9 Å². The Balaban J connectivity index is 1.66. The second kappa shape index (κ2) is 9.87. The first-order valence-corrected chi connectivity index (χ1v) is 11.2. The van der Waals surface area contributed by atoms with Gasteiger partial charge in [-0.25, -0.2) is 4.79 Å². The summed E-state index contributed by atoms with van der Waals surface area (Å²) in [5, 5.41) is 0. The molecule has 1 heterocycles. The molecule has 1 aliphatic heterocycles. The van der Waals surface area contributed by atoms with E-state index in [-0.39, 0.29) is 5.97 Å². The van der Waals surface area contributed by atoms with Crippen molar-refractivity contribution in [3.05, 3.63) is 107 Å². The maximum absolute atomic E-state index is 12.4. The molecule has 0 saturated heterocycles. The van der Waals surface area contributed by atoms with Crippen molar-refractivity contribution in [1.82, 2.24) is 0 Å². The number of allylic oxidation sites excluding steroid dienone is 2. The maximum Gasteiger partial charge on any atom is 0.339 e. The minimum Gasteiger partial charge on any atom is -0.497 e. The molecule has 5 heteroatoms. The van der Waals surface area contributed by atoms with Crippen LogP contribution in [0.1, 0.15) is 33.2 Å². The molecule has 0 bridgehead atoms. The fourth-order valence-electron chi connectivity index (χ4n) is 3.95. The van der Waals surface area contributed by atoms with Crippen LogP contribution in [0.3, 0.4) is 0 Å². The van der Waals surface area contributed by atoms with E-state index in [1.807, 2.05) is 87.7 Å². The summed E-state index contributed by atoms with van der Waals surface area (Å²) in [6.07, 6.45) is 5.55. The third-order valence-electron chi connectivity index (χ3n) is 5.96. The number of rotatable bonds is 7. The number of hydrogen-bond acceptors (Lipinski definition) is 5. The highest BCUT2D eigenvalue weighted by molar-refractivity contribution is 5.95. The number of cyclic esters (lactones) is 1. The molecule has 3 aromatic rings. The minimum absolute atomic E-state index is 0.285. The van der Waals surface area contributed by atoms with Gasteiger partial charge in [-0.15, -0.1) is 0 Å². The minimum atomic E-state index is -0.400. The van der Waals surface area contributed by atoms with Crippen LogP contribution in [0.2, 0.25) is 0 Å². The fraction of sp³-hybridized carbons (Fsp3) is 0.207. The molecule has 1 atom stereocenters. The molecule has 0 radical (unpaired) electrons. The third-order valence-corrected chi connectivity index (χ3v) is 5.96. The van der Waals surface area contributed by atoms with Crippen LogP contribution in [0.4, 0.5) is 11.4 Å². The molecule has 0 saturated carbocycles. The molecular formula is C29H30N2O3. The van der Waals surface area contributed by atoms with Gasteiger partial charge in [0.05, 0.1) is 12.7 Å². The number of carbonyl (C=O) groups excluding carboxylic acids is 1. The van der Waals surface area contributed by atoms with Crippen LogP contribution < -0.4 is 14.5 Å². The lowest BCUT2D eigenvalue weighted by atomic mass is 9.96.